The van der Waals surface area contributed by atoms with Gasteiger partial charge in [-0.15, -0.1) is 0 Å². The van der Waals surface area contributed by atoms with Gasteiger partial charge in [0.1, 0.15) is 5.58 Å². The number of nitrogens with one attached hydrogen (secondary N) is 2. The molecule has 0 aliphatic heterocycles. The Balaban J connectivity index is 1.44. The van der Waals surface area contributed by atoms with Gasteiger partial charge in [-0.1, -0.05) is 6.42 Å². The number of anilines is 1. The van der Waals surface area contributed by atoms with Gasteiger partial charge in [0.15, 0.2) is 5.11 Å². The molecule has 5 heteroatoms. The molecule has 2 bridgehead atoms. The van der Waals surface area contributed by atoms with Gasteiger partial charge < -0.3 is 15.1 Å². The second-order valence-corrected chi connectivity index (χ2v) is 8.09. The number of benzene rings is 1. The zero-order valence-corrected chi connectivity index (χ0v) is 15.5. The van der Waals surface area contributed by atoms with Crippen molar-refractivity contribution in [1.82, 2.24) is 5.32 Å². The Hall–Kier alpha value is -1.88. The van der Waals surface area contributed by atoms with Crippen LogP contribution in [0.2, 0.25) is 0 Å². The third-order valence-corrected chi connectivity index (χ3v) is 6.22. The summed E-state index contributed by atoms with van der Waals surface area (Å²) in [4.78, 5) is 11.6. The second kappa shape index (κ2) is 6.45. The molecule has 0 amide bonds. The highest BCUT2D eigenvalue weighted by atomic mass is 32.1. The first-order chi connectivity index (χ1) is 12.0. The molecule has 25 heavy (non-hydrogen) atoms. The fourth-order valence-corrected chi connectivity index (χ4v) is 5.09. The van der Waals surface area contributed by atoms with Crippen molar-refractivity contribution in [3.63, 3.8) is 0 Å². The van der Waals surface area contributed by atoms with Gasteiger partial charge >= 0.3 is 5.63 Å². The van der Waals surface area contributed by atoms with E-state index in [2.05, 4.69) is 17.6 Å². The Morgan fingerprint density at radius 3 is 2.84 bits per heavy atom. The summed E-state index contributed by atoms with van der Waals surface area (Å²) in [6.45, 7) is 4.15. The Kier molecular flexibility index (Phi) is 4.28. The Labute approximate surface area is 153 Å². The first-order valence-electron chi connectivity index (χ1n) is 9.11. The molecule has 4 nitrogen and oxygen atoms in total. The minimum Gasteiger partial charge on any atom is -0.423 e. The summed E-state index contributed by atoms with van der Waals surface area (Å²) >= 11 is 5.49. The molecule has 2 saturated carbocycles. The van der Waals surface area contributed by atoms with Gasteiger partial charge in [-0.25, -0.2) is 4.79 Å². The average molecular weight is 356 g/mol. The predicted molar refractivity (Wildman–Crippen MR) is 105 cm³/mol. The highest BCUT2D eigenvalue weighted by Crippen LogP contribution is 2.49. The molecule has 0 saturated heterocycles. The summed E-state index contributed by atoms with van der Waals surface area (Å²) in [5.41, 5.74) is 2.01. The second-order valence-electron chi connectivity index (χ2n) is 7.69. The molecule has 0 radical (unpaired) electrons. The molecule has 2 aliphatic carbocycles. The van der Waals surface area contributed by atoms with Crippen molar-refractivity contribution < 1.29 is 4.42 Å². The van der Waals surface area contributed by atoms with E-state index in [1.165, 1.54) is 31.7 Å². The molecule has 1 aromatic heterocycles. The number of aryl methyl sites for hydroxylation is 1. The molecule has 132 valence electrons. The van der Waals surface area contributed by atoms with Gasteiger partial charge in [0.2, 0.25) is 0 Å². The number of thiocarbonyl (C=S) groups is 1. The standard InChI is InChI=1S/C20H24N2O2S/c1-11-7-19(23)24-18-10-15(5-6-16(11)18)22-20(25)21-12(2)17-9-13-3-4-14(17)8-13/h5-7,10,12-14,17H,3-4,8-9H2,1-2H3,(H2,21,22,25). The maximum absolute atomic E-state index is 11.6. The third-order valence-electron chi connectivity index (χ3n) is 6.00. The monoisotopic (exact) mass is 356 g/mol. The van der Waals surface area contributed by atoms with Gasteiger partial charge in [-0.2, -0.15) is 0 Å². The Bertz CT molecular complexity index is 876. The minimum absolute atomic E-state index is 0.326. The summed E-state index contributed by atoms with van der Waals surface area (Å²) in [5.74, 6) is 2.54. The van der Waals surface area contributed by atoms with Crippen molar-refractivity contribution in [2.24, 2.45) is 17.8 Å². The molecule has 4 unspecified atom stereocenters. The number of rotatable bonds is 3. The van der Waals surface area contributed by atoms with Crippen molar-refractivity contribution >= 4 is 34.0 Å². The molecule has 2 aromatic rings. The highest BCUT2D eigenvalue weighted by Gasteiger charge is 2.41. The van der Waals surface area contributed by atoms with Crippen LogP contribution in [0, 0.1) is 24.7 Å². The normalized spacial score (nSPS) is 25.9. The zero-order chi connectivity index (χ0) is 17.6. The van der Waals surface area contributed by atoms with Gasteiger partial charge in [-0.05, 0) is 80.8 Å². The highest BCUT2D eigenvalue weighted by molar-refractivity contribution is 7.80. The number of hydrogen-bond donors (Lipinski definition) is 2. The Morgan fingerprint density at radius 1 is 1.28 bits per heavy atom. The van der Waals surface area contributed by atoms with Crippen LogP contribution in [0.25, 0.3) is 11.0 Å². The van der Waals surface area contributed by atoms with Crippen molar-refractivity contribution in [2.45, 2.75) is 45.6 Å². The first-order valence-corrected chi connectivity index (χ1v) is 9.52. The van der Waals surface area contributed by atoms with Crippen molar-refractivity contribution in [3.05, 3.63) is 40.2 Å². The average Bonchev–Trinajstić information content (AvgIpc) is 3.17. The maximum Gasteiger partial charge on any atom is 0.336 e. The summed E-state index contributed by atoms with van der Waals surface area (Å²) < 4.78 is 5.30. The Morgan fingerprint density at radius 2 is 2.12 bits per heavy atom. The van der Waals surface area contributed by atoms with Crippen LogP contribution in [0.3, 0.4) is 0 Å². The van der Waals surface area contributed by atoms with E-state index >= 15 is 0 Å². The van der Waals surface area contributed by atoms with Crippen LogP contribution in [0.5, 0.6) is 0 Å². The van der Waals surface area contributed by atoms with Crippen LogP contribution in [0.1, 0.15) is 38.2 Å². The van der Waals surface area contributed by atoms with E-state index in [1.54, 1.807) is 0 Å². The summed E-state index contributed by atoms with van der Waals surface area (Å²) in [7, 11) is 0. The lowest BCUT2D eigenvalue weighted by atomic mass is 9.84. The summed E-state index contributed by atoms with van der Waals surface area (Å²) in [6, 6.07) is 7.65. The largest absolute Gasteiger partial charge is 0.423 e. The maximum atomic E-state index is 11.6. The van der Waals surface area contributed by atoms with Gasteiger partial charge in [0.25, 0.3) is 0 Å². The topological polar surface area (TPSA) is 54.3 Å². The van der Waals surface area contributed by atoms with E-state index in [0.717, 1.165) is 34.4 Å². The smallest absolute Gasteiger partial charge is 0.336 e. The summed E-state index contributed by atoms with van der Waals surface area (Å²) in [6.07, 6.45) is 5.53. The minimum atomic E-state index is -0.326. The molecule has 1 heterocycles. The lowest BCUT2D eigenvalue weighted by Crippen LogP contribution is -2.42. The van der Waals surface area contributed by atoms with E-state index in [9.17, 15) is 4.79 Å². The zero-order valence-electron chi connectivity index (χ0n) is 14.7. The molecular weight excluding hydrogens is 332 g/mol. The molecule has 1 aromatic carbocycles. The van der Waals surface area contributed by atoms with Crippen LogP contribution >= 0.6 is 12.2 Å². The number of fused-ring (bicyclic) bond motifs is 3. The quantitative estimate of drug-likeness (QED) is 0.637. The molecule has 2 fully saturated rings. The molecule has 2 aliphatic rings. The van der Waals surface area contributed by atoms with Gasteiger partial charge in [0, 0.05) is 29.2 Å². The predicted octanol–water partition coefficient (Wildman–Crippen LogP) is 4.21. The van der Waals surface area contributed by atoms with Crippen LogP contribution in [0.15, 0.2) is 33.5 Å². The lowest BCUT2D eigenvalue weighted by molar-refractivity contribution is 0.279. The first kappa shape index (κ1) is 16.6. The van der Waals surface area contributed by atoms with E-state index in [1.807, 2.05) is 25.1 Å². The van der Waals surface area contributed by atoms with E-state index in [0.29, 0.717) is 16.7 Å². The lowest BCUT2D eigenvalue weighted by Gasteiger charge is -2.29. The fourth-order valence-electron chi connectivity index (χ4n) is 4.79. The van der Waals surface area contributed by atoms with Gasteiger partial charge in [0.05, 0.1) is 0 Å². The van der Waals surface area contributed by atoms with Crippen LogP contribution in [-0.2, 0) is 0 Å². The molecule has 2 N–H and O–H groups in total. The summed E-state index contributed by atoms with van der Waals surface area (Å²) in [5, 5.41) is 8.26. The van der Waals surface area contributed by atoms with Crippen molar-refractivity contribution in [1.29, 1.82) is 0 Å². The van der Waals surface area contributed by atoms with Crippen molar-refractivity contribution in [2.75, 3.05) is 5.32 Å². The fraction of sp³-hybridized carbons (Fsp3) is 0.500. The van der Waals surface area contributed by atoms with E-state index < -0.39 is 0 Å². The van der Waals surface area contributed by atoms with E-state index in [4.69, 9.17) is 16.6 Å². The molecular formula is C20H24N2O2S. The SMILES string of the molecule is Cc1cc(=O)oc2cc(NC(=S)NC(C)C3CC4CCC3C4)ccc12. The van der Waals surface area contributed by atoms with Crippen LogP contribution in [0.4, 0.5) is 5.69 Å². The molecule has 0 spiro atoms. The molecule has 4 rings (SSSR count). The van der Waals surface area contributed by atoms with Crippen molar-refractivity contribution in [3.8, 4) is 0 Å². The third kappa shape index (κ3) is 3.30. The van der Waals surface area contributed by atoms with Gasteiger partial charge in [-0.3, -0.25) is 0 Å². The number of hydrogen-bond acceptors (Lipinski definition) is 3. The van der Waals surface area contributed by atoms with Crippen LogP contribution < -0.4 is 16.3 Å². The van der Waals surface area contributed by atoms with Crippen LogP contribution in [-0.4, -0.2) is 11.2 Å². The van der Waals surface area contributed by atoms with E-state index in [-0.39, 0.29) is 5.63 Å². The molecule has 4 atom stereocenters.